The van der Waals surface area contributed by atoms with E-state index < -0.39 is 0 Å². The smallest absolute Gasteiger partial charge is 0.222 e. The van der Waals surface area contributed by atoms with Crippen LogP contribution in [-0.2, 0) is 9.59 Å². The van der Waals surface area contributed by atoms with E-state index in [4.69, 9.17) is 4.74 Å². The number of nitrogens with zero attached hydrogens (tertiary/aromatic N) is 1. The number of likely N-dealkylation sites (tertiary alicyclic amines) is 1. The first-order valence-electron chi connectivity index (χ1n) is 8.04. The fourth-order valence-electron chi connectivity index (χ4n) is 2.82. The molecule has 1 aromatic carbocycles. The Bertz CT molecular complexity index is 519. The molecule has 1 aromatic rings. The molecule has 1 saturated heterocycles. The van der Waals surface area contributed by atoms with E-state index in [1.807, 2.05) is 36.1 Å². The Labute approximate surface area is 132 Å². The summed E-state index contributed by atoms with van der Waals surface area (Å²) in [6, 6.07) is 7.90. The van der Waals surface area contributed by atoms with E-state index in [1.54, 1.807) is 6.92 Å². The third-order valence-corrected chi connectivity index (χ3v) is 4.31. The van der Waals surface area contributed by atoms with Crippen LogP contribution in [-0.4, -0.2) is 36.3 Å². The number of amides is 1. The van der Waals surface area contributed by atoms with Crippen LogP contribution in [0.3, 0.4) is 0 Å². The molecule has 0 aromatic heterocycles. The average Bonchev–Trinajstić information content (AvgIpc) is 2.53. The maximum Gasteiger partial charge on any atom is 0.222 e. The number of carbonyl (C=O) groups is 2. The quantitative estimate of drug-likeness (QED) is 0.759. The Kier molecular flexibility index (Phi) is 5.99. The minimum atomic E-state index is 0.147. The second-order valence-corrected chi connectivity index (χ2v) is 5.98. The summed E-state index contributed by atoms with van der Waals surface area (Å²) in [5, 5.41) is 0. The highest BCUT2D eigenvalue weighted by molar-refractivity contribution is 5.79. The molecule has 22 heavy (non-hydrogen) atoms. The molecular weight excluding hydrogens is 278 g/mol. The topological polar surface area (TPSA) is 46.6 Å². The summed E-state index contributed by atoms with van der Waals surface area (Å²) in [4.78, 5) is 25.3. The van der Waals surface area contributed by atoms with Crippen molar-refractivity contribution in [2.75, 3.05) is 19.7 Å². The molecule has 1 heterocycles. The third-order valence-electron chi connectivity index (χ3n) is 4.31. The van der Waals surface area contributed by atoms with Crippen LogP contribution in [0.1, 0.15) is 38.2 Å². The number of ketones is 1. The fraction of sp³-hybridized carbons (Fsp3) is 0.556. The predicted molar refractivity (Wildman–Crippen MR) is 85.9 cm³/mol. The molecule has 1 aliphatic rings. The summed E-state index contributed by atoms with van der Waals surface area (Å²) in [5.41, 5.74) is 1.11. The van der Waals surface area contributed by atoms with Gasteiger partial charge < -0.3 is 9.64 Å². The molecule has 0 unspecified atom stereocenters. The summed E-state index contributed by atoms with van der Waals surface area (Å²) in [5.74, 6) is 1.46. The van der Waals surface area contributed by atoms with Gasteiger partial charge in [-0.1, -0.05) is 18.2 Å². The fourth-order valence-corrected chi connectivity index (χ4v) is 2.82. The van der Waals surface area contributed by atoms with Crippen LogP contribution >= 0.6 is 0 Å². The van der Waals surface area contributed by atoms with Gasteiger partial charge in [-0.3, -0.25) is 9.59 Å². The molecule has 120 valence electrons. The molecular formula is C18H25NO3. The molecule has 0 saturated carbocycles. The van der Waals surface area contributed by atoms with Gasteiger partial charge in [-0.15, -0.1) is 0 Å². The second-order valence-electron chi connectivity index (χ2n) is 5.98. The lowest BCUT2D eigenvalue weighted by Crippen LogP contribution is -2.39. The summed E-state index contributed by atoms with van der Waals surface area (Å²) >= 11 is 0. The van der Waals surface area contributed by atoms with Crippen LogP contribution in [0.2, 0.25) is 0 Å². The van der Waals surface area contributed by atoms with Crippen LogP contribution in [0.5, 0.6) is 5.75 Å². The number of piperidine rings is 1. The first-order valence-corrected chi connectivity index (χ1v) is 8.04. The molecule has 0 spiro atoms. The number of hydrogen-bond acceptors (Lipinski definition) is 3. The highest BCUT2D eigenvalue weighted by Crippen LogP contribution is 2.19. The average molecular weight is 303 g/mol. The molecule has 4 heteroatoms. The largest absolute Gasteiger partial charge is 0.493 e. The summed E-state index contributed by atoms with van der Waals surface area (Å²) in [6.45, 7) is 5.63. The third kappa shape index (κ3) is 4.58. The van der Waals surface area contributed by atoms with Crippen LogP contribution in [0.4, 0.5) is 0 Å². The van der Waals surface area contributed by atoms with Gasteiger partial charge in [0, 0.05) is 25.4 Å². The lowest BCUT2D eigenvalue weighted by molar-refractivity contribution is -0.134. The van der Waals surface area contributed by atoms with Crippen LogP contribution in [0.25, 0.3) is 0 Å². The lowest BCUT2D eigenvalue weighted by Gasteiger charge is -2.31. The molecule has 0 N–H and O–H groups in total. The number of aryl methyl sites for hydroxylation is 1. The van der Waals surface area contributed by atoms with Gasteiger partial charge in [-0.05, 0) is 44.7 Å². The zero-order chi connectivity index (χ0) is 15.9. The van der Waals surface area contributed by atoms with E-state index in [0.29, 0.717) is 26.1 Å². The maximum atomic E-state index is 12.1. The minimum absolute atomic E-state index is 0.147. The zero-order valence-corrected chi connectivity index (χ0v) is 13.5. The zero-order valence-electron chi connectivity index (χ0n) is 13.5. The second kappa shape index (κ2) is 7.97. The molecule has 2 rings (SSSR count). The lowest BCUT2D eigenvalue weighted by atomic mass is 9.93. The van der Waals surface area contributed by atoms with Crippen LogP contribution in [0.15, 0.2) is 24.3 Å². The number of para-hydroxylation sites is 1. The maximum absolute atomic E-state index is 12.1. The van der Waals surface area contributed by atoms with Crippen molar-refractivity contribution in [1.29, 1.82) is 0 Å². The van der Waals surface area contributed by atoms with E-state index in [0.717, 1.165) is 30.6 Å². The Hall–Kier alpha value is -1.84. The van der Waals surface area contributed by atoms with Crippen molar-refractivity contribution in [3.63, 3.8) is 0 Å². The van der Waals surface area contributed by atoms with E-state index in [1.165, 1.54) is 0 Å². The van der Waals surface area contributed by atoms with E-state index in [-0.39, 0.29) is 17.6 Å². The van der Waals surface area contributed by atoms with Crippen LogP contribution < -0.4 is 4.74 Å². The van der Waals surface area contributed by atoms with Crippen molar-refractivity contribution in [2.24, 2.45) is 5.92 Å². The number of rotatable bonds is 6. The van der Waals surface area contributed by atoms with Gasteiger partial charge in [-0.25, -0.2) is 0 Å². The standard InChI is InChI=1S/C18H25NO3/c1-14-6-3-4-7-17(14)22-13-5-8-18(21)19-11-9-16(10-12-19)15(2)20/h3-4,6-7,16H,5,8-13H2,1-2H3. The minimum Gasteiger partial charge on any atom is -0.493 e. The first-order chi connectivity index (χ1) is 10.6. The van der Waals surface area contributed by atoms with E-state index in [9.17, 15) is 9.59 Å². The molecule has 1 aliphatic heterocycles. The van der Waals surface area contributed by atoms with Gasteiger partial charge in [0.15, 0.2) is 0 Å². The van der Waals surface area contributed by atoms with Crippen molar-refractivity contribution in [2.45, 2.75) is 39.5 Å². The van der Waals surface area contributed by atoms with Gasteiger partial charge in [0.25, 0.3) is 0 Å². The van der Waals surface area contributed by atoms with Crippen molar-refractivity contribution < 1.29 is 14.3 Å². The molecule has 0 aliphatic carbocycles. The highest BCUT2D eigenvalue weighted by atomic mass is 16.5. The Morgan fingerprint density at radius 2 is 1.91 bits per heavy atom. The van der Waals surface area contributed by atoms with Crippen molar-refractivity contribution in [3.05, 3.63) is 29.8 Å². The number of benzene rings is 1. The van der Waals surface area contributed by atoms with Crippen molar-refractivity contribution in [1.82, 2.24) is 4.90 Å². The predicted octanol–water partition coefficient (Wildman–Crippen LogP) is 2.98. The summed E-state index contributed by atoms with van der Waals surface area (Å²) in [6.07, 6.45) is 2.85. The Balaban J connectivity index is 1.66. The molecule has 1 amide bonds. The van der Waals surface area contributed by atoms with Crippen molar-refractivity contribution >= 4 is 11.7 Å². The van der Waals surface area contributed by atoms with Gasteiger partial charge in [0.05, 0.1) is 6.61 Å². The normalized spacial score (nSPS) is 15.6. The van der Waals surface area contributed by atoms with Crippen LogP contribution in [0, 0.1) is 12.8 Å². The summed E-state index contributed by atoms with van der Waals surface area (Å²) in [7, 11) is 0. The molecule has 0 bridgehead atoms. The van der Waals surface area contributed by atoms with E-state index >= 15 is 0 Å². The molecule has 1 fully saturated rings. The SMILES string of the molecule is CC(=O)C1CCN(C(=O)CCCOc2ccccc2C)CC1. The Morgan fingerprint density at radius 3 is 2.55 bits per heavy atom. The first kappa shape index (κ1) is 16.5. The monoisotopic (exact) mass is 303 g/mol. The molecule has 0 radical (unpaired) electrons. The van der Waals surface area contributed by atoms with Gasteiger partial charge in [0.2, 0.25) is 5.91 Å². The Morgan fingerprint density at radius 1 is 1.23 bits per heavy atom. The number of hydrogen-bond donors (Lipinski definition) is 0. The van der Waals surface area contributed by atoms with Crippen molar-refractivity contribution in [3.8, 4) is 5.75 Å². The van der Waals surface area contributed by atoms with Gasteiger partial charge in [-0.2, -0.15) is 0 Å². The number of ether oxygens (including phenoxy) is 1. The highest BCUT2D eigenvalue weighted by Gasteiger charge is 2.24. The molecule has 0 atom stereocenters. The van der Waals surface area contributed by atoms with Gasteiger partial charge >= 0.3 is 0 Å². The summed E-state index contributed by atoms with van der Waals surface area (Å²) < 4.78 is 5.71. The van der Waals surface area contributed by atoms with Gasteiger partial charge in [0.1, 0.15) is 11.5 Å². The van der Waals surface area contributed by atoms with E-state index in [2.05, 4.69) is 0 Å². The number of Topliss-reactive ketones (excluding diaryl/α,β-unsaturated/α-hetero) is 1. The molecule has 4 nitrogen and oxygen atoms in total. The number of carbonyl (C=O) groups excluding carboxylic acids is 2.